The van der Waals surface area contributed by atoms with Gasteiger partial charge < -0.3 is 0 Å². The Morgan fingerprint density at radius 3 is 2.12 bits per heavy atom. The molecule has 0 unspecified atom stereocenters. The first-order valence-electron chi connectivity index (χ1n) is 11.1. The van der Waals surface area contributed by atoms with E-state index in [4.69, 9.17) is 5.10 Å². The molecule has 160 valence electrons. The summed E-state index contributed by atoms with van der Waals surface area (Å²) in [5, 5.41) is 4.88. The molecule has 0 aliphatic rings. The van der Waals surface area contributed by atoms with Gasteiger partial charge in [0.1, 0.15) is 0 Å². The van der Waals surface area contributed by atoms with Gasteiger partial charge in [0.15, 0.2) is 0 Å². The van der Waals surface area contributed by atoms with Gasteiger partial charge in [-0.25, -0.2) is 4.68 Å². The summed E-state index contributed by atoms with van der Waals surface area (Å²) >= 11 is 0. The Labute approximate surface area is 189 Å². The highest BCUT2D eigenvalue weighted by Gasteiger charge is 2.21. The molecule has 0 bridgehead atoms. The maximum absolute atomic E-state index is 13.7. The molecule has 3 heteroatoms. The summed E-state index contributed by atoms with van der Waals surface area (Å²) < 4.78 is 1.60. The first-order chi connectivity index (χ1) is 15.6. The smallest absolute Gasteiger partial charge is 0.267 e. The standard InChI is InChI=1S/C29H28N2O/c1-4-23-15-11-12-18-25(23)27-26(20-19-22-13-7-5-8-14-22)29(32)31(21(2)3)30-28(27)24-16-9-6-10-17-24/h5-21H,4H2,1-3H3/b20-19+. The van der Waals surface area contributed by atoms with Crippen molar-refractivity contribution in [3.05, 3.63) is 112 Å². The van der Waals surface area contributed by atoms with Gasteiger partial charge in [0.05, 0.1) is 17.3 Å². The van der Waals surface area contributed by atoms with E-state index in [1.165, 1.54) is 5.56 Å². The Morgan fingerprint density at radius 2 is 1.47 bits per heavy atom. The zero-order valence-corrected chi connectivity index (χ0v) is 18.8. The van der Waals surface area contributed by atoms with Crippen LogP contribution in [0.4, 0.5) is 0 Å². The van der Waals surface area contributed by atoms with Crippen molar-refractivity contribution >= 4 is 12.2 Å². The molecule has 0 aliphatic carbocycles. The topological polar surface area (TPSA) is 34.9 Å². The summed E-state index contributed by atoms with van der Waals surface area (Å²) in [5.74, 6) is 0. The van der Waals surface area contributed by atoms with E-state index in [1.807, 2.05) is 86.7 Å². The monoisotopic (exact) mass is 420 g/mol. The fourth-order valence-electron chi connectivity index (χ4n) is 3.95. The van der Waals surface area contributed by atoms with Crippen LogP contribution in [0.15, 0.2) is 89.7 Å². The first kappa shape index (κ1) is 21.5. The number of benzene rings is 3. The van der Waals surface area contributed by atoms with Crippen molar-refractivity contribution in [2.45, 2.75) is 33.2 Å². The zero-order valence-electron chi connectivity index (χ0n) is 18.8. The summed E-state index contributed by atoms with van der Waals surface area (Å²) in [6.45, 7) is 6.13. The molecule has 1 aromatic heterocycles. The lowest BCUT2D eigenvalue weighted by Crippen LogP contribution is -2.28. The minimum absolute atomic E-state index is 0.0516. The number of hydrogen-bond acceptors (Lipinski definition) is 2. The summed E-state index contributed by atoms with van der Waals surface area (Å²) in [7, 11) is 0. The van der Waals surface area contributed by atoms with Crippen LogP contribution in [-0.2, 0) is 6.42 Å². The van der Waals surface area contributed by atoms with Crippen molar-refractivity contribution < 1.29 is 0 Å². The van der Waals surface area contributed by atoms with Gasteiger partial charge in [0, 0.05) is 11.1 Å². The molecule has 0 fully saturated rings. The van der Waals surface area contributed by atoms with E-state index < -0.39 is 0 Å². The molecular weight excluding hydrogens is 392 g/mol. The minimum Gasteiger partial charge on any atom is -0.267 e. The Morgan fingerprint density at radius 1 is 0.844 bits per heavy atom. The molecule has 0 spiro atoms. The summed E-state index contributed by atoms with van der Waals surface area (Å²) in [4.78, 5) is 13.7. The molecule has 0 saturated carbocycles. The Hall–Kier alpha value is -3.72. The number of aromatic nitrogens is 2. The lowest BCUT2D eigenvalue weighted by molar-refractivity contribution is 0.505. The Kier molecular flexibility index (Phi) is 6.46. The summed E-state index contributed by atoms with van der Waals surface area (Å²) in [6.07, 6.45) is 4.83. The second-order valence-corrected chi connectivity index (χ2v) is 8.10. The Bertz CT molecular complexity index is 1290. The van der Waals surface area contributed by atoms with Gasteiger partial charge in [-0.05, 0) is 43.0 Å². The van der Waals surface area contributed by atoms with Crippen molar-refractivity contribution in [2.24, 2.45) is 0 Å². The molecule has 4 rings (SSSR count). The van der Waals surface area contributed by atoms with Crippen LogP contribution in [0, 0.1) is 0 Å². The van der Waals surface area contributed by atoms with Gasteiger partial charge in [-0.15, -0.1) is 0 Å². The highest BCUT2D eigenvalue weighted by atomic mass is 16.1. The van der Waals surface area contributed by atoms with Gasteiger partial charge in [-0.2, -0.15) is 5.10 Å². The van der Waals surface area contributed by atoms with Crippen LogP contribution in [0.25, 0.3) is 34.5 Å². The lowest BCUT2D eigenvalue weighted by Gasteiger charge is -2.19. The molecule has 3 nitrogen and oxygen atoms in total. The van der Waals surface area contributed by atoms with E-state index >= 15 is 0 Å². The SMILES string of the molecule is CCc1ccccc1-c1c(-c2ccccc2)nn(C(C)C)c(=O)c1/C=C/c1ccccc1. The third-order valence-corrected chi connectivity index (χ3v) is 5.60. The maximum atomic E-state index is 13.7. The second-order valence-electron chi connectivity index (χ2n) is 8.10. The fourth-order valence-corrected chi connectivity index (χ4v) is 3.95. The third-order valence-electron chi connectivity index (χ3n) is 5.60. The molecular formula is C29H28N2O. The fraction of sp³-hybridized carbons (Fsp3) is 0.172. The maximum Gasteiger partial charge on any atom is 0.274 e. The van der Waals surface area contributed by atoms with Gasteiger partial charge in [0.2, 0.25) is 0 Å². The molecule has 0 radical (unpaired) electrons. The van der Waals surface area contributed by atoms with E-state index in [1.54, 1.807) is 4.68 Å². The average Bonchev–Trinajstić information content (AvgIpc) is 2.84. The summed E-state index contributed by atoms with van der Waals surface area (Å²) in [6, 6.07) is 28.5. The van der Waals surface area contributed by atoms with Crippen molar-refractivity contribution in [3.63, 3.8) is 0 Å². The van der Waals surface area contributed by atoms with Crippen molar-refractivity contribution in [3.8, 4) is 22.4 Å². The van der Waals surface area contributed by atoms with E-state index in [0.717, 1.165) is 34.4 Å². The van der Waals surface area contributed by atoms with Crippen LogP contribution in [-0.4, -0.2) is 9.78 Å². The van der Waals surface area contributed by atoms with E-state index in [0.29, 0.717) is 5.56 Å². The van der Waals surface area contributed by atoms with Crippen LogP contribution in [0.3, 0.4) is 0 Å². The van der Waals surface area contributed by atoms with E-state index in [2.05, 4.69) is 31.2 Å². The number of aryl methyl sites for hydroxylation is 1. The van der Waals surface area contributed by atoms with Gasteiger partial charge >= 0.3 is 0 Å². The normalized spacial score (nSPS) is 11.4. The molecule has 4 aromatic rings. The van der Waals surface area contributed by atoms with Gasteiger partial charge in [0.25, 0.3) is 5.56 Å². The molecule has 1 heterocycles. The summed E-state index contributed by atoms with van der Waals surface area (Å²) in [5.41, 5.74) is 6.61. The third kappa shape index (κ3) is 4.33. The van der Waals surface area contributed by atoms with E-state index in [-0.39, 0.29) is 11.6 Å². The van der Waals surface area contributed by atoms with Crippen molar-refractivity contribution in [1.29, 1.82) is 0 Å². The largest absolute Gasteiger partial charge is 0.274 e. The molecule has 0 saturated heterocycles. The van der Waals surface area contributed by atoms with Crippen LogP contribution < -0.4 is 5.56 Å². The van der Waals surface area contributed by atoms with Gasteiger partial charge in [-0.1, -0.05) is 97.9 Å². The van der Waals surface area contributed by atoms with Crippen molar-refractivity contribution in [2.75, 3.05) is 0 Å². The van der Waals surface area contributed by atoms with E-state index in [9.17, 15) is 4.79 Å². The molecule has 0 N–H and O–H groups in total. The predicted octanol–water partition coefficient (Wildman–Crippen LogP) is 6.89. The second kappa shape index (κ2) is 9.61. The number of rotatable bonds is 6. The molecule has 3 aromatic carbocycles. The highest BCUT2D eigenvalue weighted by molar-refractivity contribution is 5.90. The predicted molar refractivity (Wildman–Crippen MR) is 135 cm³/mol. The average molecular weight is 421 g/mol. The van der Waals surface area contributed by atoms with Crippen LogP contribution >= 0.6 is 0 Å². The van der Waals surface area contributed by atoms with Crippen LogP contribution in [0.2, 0.25) is 0 Å². The minimum atomic E-state index is -0.0761. The first-order valence-corrected chi connectivity index (χ1v) is 11.1. The number of nitrogens with zero attached hydrogens (tertiary/aromatic N) is 2. The quantitative estimate of drug-likeness (QED) is 0.340. The molecule has 0 atom stereocenters. The number of hydrogen-bond donors (Lipinski definition) is 0. The van der Waals surface area contributed by atoms with Crippen LogP contribution in [0.5, 0.6) is 0 Å². The lowest BCUT2D eigenvalue weighted by atomic mass is 9.91. The highest BCUT2D eigenvalue weighted by Crippen LogP contribution is 2.35. The molecule has 0 amide bonds. The molecule has 32 heavy (non-hydrogen) atoms. The van der Waals surface area contributed by atoms with Gasteiger partial charge in [-0.3, -0.25) is 4.79 Å². The molecule has 0 aliphatic heterocycles. The Balaban J connectivity index is 2.09. The van der Waals surface area contributed by atoms with Crippen LogP contribution in [0.1, 0.15) is 43.5 Å². The zero-order chi connectivity index (χ0) is 22.5. The van der Waals surface area contributed by atoms with Crippen molar-refractivity contribution in [1.82, 2.24) is 9.78 Å².